The van der Waals surface area contributed by atoms with Gasteiger partial charge in [0.15, 0.2) is 5.82 Å². The maximum Gasteiger partial charge on any atom is 0.255 e. The fourth-order valence-electron chi connectivity index (χ4n) is 3.67. The largest absolute Gasteiger partial charge is 0.404 e. The summed E-state index contributed by atoms with van der Waals surface area (Å²) in [6, 6.07) is 3.44. The third kappa shape index (κ3) is 5.71. The molecule has 1 aromatic heterocycles. The Hall–Kier alpha value is -3.90. The predicted octanol–water partition coefficient (Wildman–Crippen LogP) is 2.23. The fraction of sp³-hybridized carbons (Fsp3) is 0.292. The number of nitrogens with one attached hydrogen (secondary N) is 1. The van der Waals surface area contributed by atoms with E-state index in [1.54, 1.807) is 18.3 Å². The Morgan fingerprint density at radius 2 is 1.88 bits per heavy atom. The number of likely N-dealkylation sites (tertiary alicyclic amines) is 1. The number of benzene rings is 1. The molecule has 2 aromatic rings. The highest BCUT2D eigenvalue weighted by atomic mass is 35.5. The van der Waals surface area contributed by atoms with E-state index in [-0.39, 0.29) is 23.0 Å². The van der Waals surface area contributed by atoms with Crippen LogP contribution in [0.15, 0.2) is 31.0 Å². The number of carbonyl (C=O) groups excluding carboxylic acids is 2. The second-order valence-corrected chi connectivity index (χ2v) is 8.43. The number of nitrogen functional groups attached to an aromatic ring is 2. The molecule has 4 rings (SSSR count). The number of amides is 2. The molecule has 0 spiro atoms. The van der Waals surface area contributed by atoms with E-state index in [2.05, 4.69) is 28.6 Å². The highest BCUT2D eigenvalue weighted by Crippen LogP contribution is 2.43. The molecule has 1 saturated heterocycles. The normalized spacial score (nSPS) is 15.1. The molecule has 2 fully saturated rings. The standard InChI is InChI=1S/C17H17ClN6O.C7H11NO/c18-12-6-10(11(7-19)8-1-2-8)13(20)5-9(12)3-4-14-15(17(22)25)16(21)24-23-14;1-2-7(9)8-5-3-4-6-8/h5-8H,1-2,19-20H2,(H2,22,25)(H3,21,23,24);2H,1,3-6H2/b11-7-;. The number of primary amides is 1. The molecule has 1 aliphatic carbocycles. The third-order valence-electron chi connectivity index (χ3n) is 5.60. The van der Waals surface area contributed by atoms with Crippen LogP contribution in [0.2, 0.25) is 5.02 Å². The number of nitrogens with zero attached hydrogens (tertiary/aromatic N) is 2. The summed E-state index contributed by atoms with van der Waals surface area (Å²) in [5, 5.41) is 6.74. The van der Waals surface area contributed by atoms with Crippen molar-refractivity contribution in [1.29, 1.82) is 0 Å². The minimum absolute atomic E-state index is 0.0000769. The Kier molecular flexibility index (Phi) is 7.87. The summed E-state index contributed by atoms with van der Waals surface area (Å²) >= 11 is 6.33. The molecule has 178 valence electrons. The van der Waals surface area contributed by atoms with Gasteiger partial charge < -0.3 is 27.8 Å². The Labute approximate surface area is 203 Å². The molecule has 2 amide bonds. The lowest BCUT2D eigenvalue weighted by molar-refractivity contribution is -0.124. The molecule has 10 heteroatoms. The summed E-state index contributed by atoms with van der Waals surface area (Å²) in [5.41, 5.74) is 25.9. The average Bonchev–Trinajstić information content (AvgIpc) is 3.34. The van der Waals surface area contributed by atoms with Crippen molar-refractivity contribution in [2.45, 2.75) is 25.7 Å². The van der Waals surface area contributed by atoms with Crippen LogP contribution in [0.5, 0.6) is 0 Å². The highest BCUT2D eigenvalue weighted by molar-refractivity contribution is 6.32. The monoisotopic (exact) mass is 481 g/mol. The van der Waals surface area contributed by atoms with E-state index in [0.717, 1.165) is 49.9 Å². The number of hydrogen-bond acceptors (Lipinski definition) is 6. The Bertz CT molecular complexity index is 1200. The van der Waals surface area contributed by atoms with Gasteiger partial charge in [-0.15, -0.1) is 0 Å². The zero-order valence-electron chi connectivity index (χ0n) is 18.7. The third-order valence-corrected chi connectivity index (χ3v) is 5.91. The SMILES string of the molecule is C=CC(=O)N1CCCC1.N/C=C(\c1cc(Cl)c(C#Cc2[nH]nc(N)c2C(N)=O)cc1N)C1CC1. The predicted molar refractivity (Wildman–Crippen MR) is 134 cm³/mol. The van der Waals surface area contributed by atoms with Crippen molar-refractivity contribution >= 4 is 40.5 Å². The molecule has 1 aliphatic heterocycles. The van der Waals surface area contributed by atoms with Crippen molar-refractivity contribution in [2.75, 3.05) is 24.6 Å². The van der Waals surface area contributed by atoms with Crippen LogP contribution in [0.3, 0.4) is 0 Å². The van der Waals surface area contributed by atoms with Gasteiger partial charge in [-0.2, -0.15) is 5.10 Å². The number of halogens is 1. The maximum atomic E-state index is 11.4. The highest BCUT2D eigenvalue weighted by Gasteiger charge is 2.28. The van der Waals surface area contributed by atoms with Crippen molar-refractivity contribution in [1.82, 2.24) is 15.1 Å². The van der Waals surface area contributed by atoms with E-state index in [1.807, 2.05) is 4.90 Å². The van der Waals surface area contributed by atoms with Crippen LogP contribution in [0.4, 0.5) is 11.5 Å². The number of aromatic nitrogens is 2. The van der Waals surface area contributed by atoms with E-state index < -0.39 is 5.91 Å². The topological polar surface area (TPSA) is 170 Å². The lowest BCUT2D eigenvalue weighted by Crippen LogP contribution is -2.25. The van der Waals surface area contributed by atoms with Crippen LogP contribution in [0.1, 0.15) is 52.9 Å². The average molecular weight is 482 g/mol. The van der Waals surface area contributed by atoms with Crippen molar-refractivity contribution < 1.29 is 9.59 Å². The lowest BCUT2D eigenvalue weighted by Gasteiger charge is -2.11. The van der Waals surface area contributed by atoms with Crippen LogP contribution in [0, 0.1) is 17.8 Å². The van der Waals surface area contributed by atoms with Gasteiger partial charge in [0.2, 0.25) is 5.91 Å². The van der Waals surface area contributed by atoms with Gasteiger partial charge in [0.1, 0.15) is 11.3 Å². The molecule has 1 aromatic carbocycles. The van der Waals surface area contributed by atoms with Crippen molar-refractivity contribution in [3.05, 3.63) is 58.4 Å². The molecule has 1 saturated carbocycles. The number of carbonyl (C=O) groups is 2. The maximum absolute atomic E-state index is 11.4. The van der Waals surface area contributed by atoms with E-state index in [1.165, 1.54) is 6.08 Å². The van der Waals surface area contributed by atoms with E-state index >= 15 is 0 Å². The van der Waals surface area contributed by atoms with E-state index in [0.29, 0.717) is 22.2 Å². The molecular weight excluding hydrogens is 454 g/mol. The lowest BCUT2D eigenvalue weighted by atomic mass is 9.99. The summed E-state index contributed by atoms with van der Waals surface area (Å²) in [6.07, 6.45) is 7.46. The van der Waals surface area contributed by atoms with Gasteiger partial charge in [-0.1, -0.05) is 24.1 Å². The molecule has 0 atom stereocenters. The number of aromatic amines is 1. The van der Waals surface area contributed by atoms with Crippen molar-refractivity contribution in [3.63, 3.8) is 0 Å². The second-order valence-electron chi connectivity index (χ2n) is 8.03. The van der Waals surface area contributed by atoms with Crippen LogP contribution in [-0.4, -0.2) is 40.0 Å². The number of rotatable bonds is 4. The molecule has 0 bridgehead atoms. The number of nitrogens with two attached hydrogens (primary N) is 4. The fourth-order valence-corrected chi connectivity index (χ4v) is 3.88. The molecule has 9 N–H and O–H groups in total. The molecule has 2 aliphatic rings. The summed E-state index contributed by atoms with van der Waals surface area (Å²) in [4.78, 5) is 24.1. The van der Waals surface area contributed by atoms with Crippen molar-refractivity contribution in [3.8, 4) is 11.8 Å². The molecule has 2 heterocycles. The zero-order valence-corrected chi connectivity index (χ0v) is 19.5. The Morgan fingerprint density at radius 3 is 2.44 bits per heavy atom. The van der Waals surface area contributed by atoms with E-state index in [4.69, 9.17) is 34.5 Å². The number of anilines is 2. The number of hydrogen-bond donors (Lipinski definition) is 5. The smallest absolute Gasteiger partial charge is 0.255 e. The Balaban J connectivity index is 0.000000302. The summed E-state index contributed by atoms with van der Waals surface area (Å²) in [7, 11) is 0. The van der Waals surface area contributed by atoms with Crippen molar-refractivity contribution in [2.24, 2.45) is 17.4 Å². The summed E-state index contributed by atoms with van der Waals surface area (Å²) < 4.78 is 0. The molecule has 0 radical (unpaired) electrons. The molecular formula is C24H28ClN7O2. The van der Waals surface area contributed by atoms with Gasteiger partial charge in [-0.05, 0) is 67.5 Å². The second kappa shape index (κ2) is 10.8. The molecule has 34 heavy (non-hydrogen) atoms. The van der Waals surface area contributed by atoms with Gasteiger partial charge in [0.25, 0.3) is 5.91 Å². The number of allylic oxidation sites excluding steroid dienone is 1. The molecule has 9 nitrogen and oxygen atoms in total. The van der Waals surface area contributed by atoms with Gasteiger partial charge in [-0.25, -0.2) is 0 Å². The van der Waals surface area contributed by atoms with Gasteiger partial charge in [-0.3, -0.25) is 14.7 Å². The quantitative estimate of drug-likeness (QED) is 0.254. The minimum atomic E-state index is -0.710. The first-order chi connectivity index (χ1) is 16.3. The summed E-state index contributed by atoms with van der Waals surface area (Å²) in [5.74, 6) is 5.43. The van der Waals surface area contributed by atoms with Crippen LogP contribution >= 0.6 is 11.6 Å². The van der Waals surface area contributed by atoms with Crippen LogP contribution < -0.4 is 22.9 Å². The first kappa shape index (κ1) is 24.7. The first-order valence-corrected chi connectivity index (χ1v) is 11.2. The van der Waals surface area contributed by atoms with Crippen LogP contribution in [-0.2, 0) is 4.79 Å². The Morgan fingerprint density at radius 1 is 1.21 bits per heavy atom. The minimum Gasteiger partial charge on any atom is -0.404 e. The van der Waals surface area contributed by atoms with Gasteiger partial charge in [0.05, 0.1) is 5.02 Å². The number of H-pyrrole nitrogens is 1. The van der Waals surface area contributed by atoms with Crippen LogP contribution in [0.25, 0.3) is 5.57 Å². The first-order valence-electron chi connectivity index (χ1n) is 10.8. The van der Waals surface area contributed by atoms with Gasteiger partial charge >= 0.3 is 0 Å². The summed E-state index contributed by atoms with van der Waals surface area (Å²) in [6.45, 7) is 5.26. The molecule has 0 unspecified atom stereocenters. The van der Waals surface area contributed by atoms with E-state index in [9.17, 15) is 9.59 Å². The van der Waals surface area contributed by atoms with Gasteiger partial charge in [0, 0.05) is 29.9 Å². The zero-order chi connectivity index (χ0) is 24.8.